The zero-order valence-electron chi connectivity index (χ0n) is 9.69. The minimum Gasteiger partial charge on any atom is -0.879 e. The van der Waals surface area contributed by atoms with Gasteiger partial charge in [0.2, 0.25) is 0 Å². The molecule has 0 bridgehead atoms. The highest BCUT2D eigenvalue weighted by atomic mass is 16.7. The van der Waals surface area contributed by atoms with Crippen molar-refractivity contribution in [2.45, 2.75) is 0 Å². The number of hydrogen-bond acceptors (Lipinski definition) is 3. The van der Waals surface area contributed by atoms with Crippen LogP contribution in [0.15, 0.2) is 72.5 Å². The van der Waals surface area contributed by atoms with Gasteiger partial charge in [-0.2, -0.15) is 0 Å². The number of benzene rings is 2. The Morgan fingerprint density at radius 2 is 1.50 bits per heavy atom. The van der Waals surface area contributed by atoms with Crippen molar-refractivity contribution >= 4 is 18.1 Å². The zero-order valence-corrected chi connectivity index (χ0v) is 9.69. The summed E-state index contributed by atoms with van der Waals surface area (Å²) in [6, 6.07) is 19.1. The van der Waals surface area contributed by atoms with E-state index in [1.54, 1.807) is 0 Å². The molecule has 2 aromatic rings. The van der Waals surface area contributed by atoms with E-state index in [2.05, 4.69) is 0 Å². The molecular weight excluding hydrogens is 225 g/mol. The van der Waals surface area contributed by atoms with Crippen molar-refractivity contribution in [3.63, 3.8) is 0 Å². The second kappa shape index (κ2) is 4.59. The van der Waals surface area contributed by atoms with Crippen LogP contribution in [0.25, 0.3) is 0 Å². The Bertz CT molecular complexity index is 557. The predicted octanol–water partition coefficient (Wildman–Crippen LogP) is 1.08. The van der Waals surface area contributed by atoms with Crippen LogP contribution in [-0.4, -0.2) is 6.92 Å². The van der Waals surface area contributed by atoms with E-state index in [4.69, 9.17) is 4.76 Å². The molecule has 0 spiro atoms. The summed E-state index contributed by atoms with van der Waals surface area (Å²) in [4.78, 5) is 0. The minimum atomic E-state index is -0.536. The molecule has 88 valence electrons. The van der Waals surface area contributed by atoms with Crippen LogP contribution in [0.3, 0.4) is 0 Å². The third-order valence-corrected chi connectivity index (χ3v) is 2.83. The van der Waals surface area contributed by atoms with Crippen LogP contribution in [0.4, 0.5) is 5.69 Å². The van der Waals surface area contributed by atoms with Crippen LogP contribution in [0, 0.1) is 0 Å². The lowest BCUT2D eigenvalue weighted by Crippen LogP contribution is -2.38. The molecule has 0 saturated carbocycles. The summed E-state index contributed by atoms with van der Waals surface area (Å²) in [6.45, 7) is -0.536. The lowest BCUT2D eigenvalue weighted by molar-refractivity contribution is -0.288. The third kappa shape index (κ3) is 1.98. The molecule has 1 heterocycles. The highest BCUT2D eigenvalue weighted by Crippen LogP contribution is 2.20. The van der Waals surface area contributed by atoms with Crippen molar-refractivity contribution in [2.75, 3.05) is 5.06 Å². The van der Waals surface area contributed by atoms with Crippen LogP contribution in [0.2, 0.25) is 0 Å². The van der Waals surface area contributed by atoms with Gasteiger partial charge in [0.1, 0.15) is 0 Å². The normalized spacial score (nSPS) is 14.8. The van der Waals surface area contributed by atoms with E-state index < -0.39 is 6.92 Å². The molecule has 0 radical (unpaired) electrons. The summed E-state index contributed by atoms with van der Waals surface area (Å²) in [7, 11) is 0. The van der Waals surface area contributed by atoms with Gasteiger partial charge < -0.3 is 9.86 Å². The Morgan fingerprint density at radius 1 is 0.889 bits per heavy atom. The Balaban J connectivity index is 1.86. The zero-order chi connectivity index (χ0) is 12.4. The van der Waals surface area contributed by atoms with Gasteiger partial charge in [0.25, 0.3) is 0 Å². The molecule has 0 unspecified atom stereocenters. The molecule has 0 fully saturated rings. The summed E-state index contributed by atoms with van der Waals surface area (Å²) in [5, 5.41) is 13.5. The van der Waals surface area contributed by atoms with Gasteiger partial charge in [0.15, 0.2) is 0 Å². The topological polar surface area (TPSA) is 35.5 Å². The second-order valence-corrected chi connectivity index (χ2v) is 4.09. The lowest BCUT2D eigenvalue weighted by Gasteiger charge is -2.18. The molecule has 2 aromatic carbocycles. The molecule has 18 heavy (non-hydrogen) atoms. The van der Waals surface area contributed by atoms with E-state index in [1.807, 2.05) is 60.7 Å². The smallest absolute Gasteiger partial charge is 0.382 e. The largest absolute Gasteiger partial charge is 0.879 e. The predicted molar refractivity (Wildman–Crippen MR) is 69.9 cm³/mol. The average molecular weight is 236 g/mol. The first-order chi connectivity index (χ1) is 8.84. The maximum Gasteiger partial charge on any atom is 0.382 e. The summed E-state index contributed by atoms with van der Waals surface area (Å²) in [5.41, 5.74) is 1.69. The summed E-state index contributed by atoms with van der Waals surface area (Å²) >= 11 is 0. The molecular formula is C14H11BNO2-. The van der Waals surface area contributed by atoms with Gasteiger partial charge in [0.05, 0.1) is 5.69 Å². The minimum absolute atomic E-state index is 0.0370. The highest BCUT2D eigenvalue weighted by molar-refractivity contribution is 6.74. The third-order valence-electron chi connectivity index (χ3n) is 2.83. The van der Waals surface area contributed by atoms with E-state index >= 15 is 0 Å². The fourth-order valence-electron chi connectivity index (χ4n) is 1.94. The molecule has 1 aliphatic heterocycles. The first-order valence-electron chi connectivity index (χ1n) is 5.79. The number of para-hydroxylation sites is 1. The van der Waals surface area contributed by atoms with E-state index in [-0.39, 0.29) is 5.66 Å². The number of hydroxylamine groups is 1. The lowest BCUT2D eigenvalue weighted by atomic mass is 9.60. The fraction of sp³-hybridized carbons (Fsp3) is 0. The first kappa shape index (κ1) is 10.9. The van der Waals surface area contributed by atoms with E-state index in [1.165, 1.54) is 11.3 Å². The van der Waals surface area contributed by atoms with Crippen LogP contribution >= 0.6 is 0 Å². The molecule has 0 saturated heterocycles. The van der Waals surface area contributed by atoms with Crippen molar-refractivity contribution in [3.8, 4) is 0 Å². The molecule has 3 rings (SSSR count). The van der Waals surface area contributed by atoms with Crippen molar-refractivity contribution in [3.05, 3.63) is 72.5 Å². The monoisotopic (exact) mass is 236 g/mol. The molecule has 0 aromatic heterocycles. The molecule has 0 aliphatic carbocycles. The van der Waals surface area contributed by atoms with Gasteiger partial charge in [-0.05, 0) is 17.6 Å². The van der Waals surface area contributed by atoms with Crippen LogP contribution < -0.4 is 15.6 Å². The van der Waals surface area contributed by atoms with Crippen molar-refractivity contribution in [1.29, 1.82) is 0 Å². The Morgan fingerprint density at radius 3 is 2.17 bits per heavy atom. The van der Waals surface area contributed by atoms with Gasteiger partial charge >= 0.3 is 6.92 Å². The van der Waals surface area contributed by atoms with Crippen LogP contribution in [-0.2, 0) is 4.76 Å². The first-order valence-corrected chi connectivity index (χ1v) is 5.79. The second-order valence-electron chi connectivity index (χ2n) is 4.09. The van der Waals surface area contributed by atoms with Gasteiger partial charge in [-0.25, -0.2) is 5.06 Å². The van der Waals surface area contributed by atoms with Gasteiger partial charge in [-0.1, -0.05) is 48.5 Å². The van der Waals surface area contributed by atoms with E-state index in [0.29, 0.717) is 0 Å². The van der Waals surface area contributed by atoms with Crippen molar-refractivity contribution in [1.82, 2.24) is 0 Å². The van der Waals surface area contributed by atoms with E-state index in [9.17, 15) is 5.11 Å². The highest BCUT2D eigenvalue weighted by Gasteiger charge is 2.27. The standard InChI is InChI=1S/C14H12BNO2/c17-14-11-16(13-9-5-2-6-10-13)18-15(14)12-7-3-1-4-8-12/h1-11,17H/p-1. The quantitative estimate of drug-likeness (QED) is 0.732. The molecule has 4 heteroatoms. The fourth-order valence-corrected chi connectivity index (χ4v) is 1.94. The molecule has 3 nitrogen and oxygen atoms in total. The number of nitrogens with zero attached hydrogens (tertiary/aromatic N) is 1. The maximum atomic E-state index is 11.9. The average Bonchev–Trinajstić information content (AvgIpc) is 2.83. The number of rotatable bonds is 2. The summed E-state index contributed by atoms with van der Waals surface area (Å²) < 4.78 is 5.67. The number of hydrogen-bond donors (Lipinski definition) is 0. The SMILES string of the molecule is [O-]C1=CN(c2ccccc2)OB1c1ccccc1. The molecule has 0 atom stereocenters. The van der Waals surface area contributed by atoms with E-state index in [0.717, 1.165) is 11.2 Å². The molecule has 1 aliphatic rings. The van der Waals surface area contributed by atoms with Gasteiger partial charge in [-0.15, -0.1) is 5.66 Å². The summed E-state index contributed by atoms with van der Waals surface area (Å²) in [6.07, 6.45) is 1.49. The Kier molecular flexibility index (Phi) is 2.78. The van der Waals surface area contributed by atoms with Crippen LogP contribution in [0.1, 0.15) is 0 Å². The van der Waals surface area contributed by atoms with Crippen molar-refractivity contribution < 1.29 is 9.86 Å². The number of anilines is 1. The maximum absolute atomic E-state index is 11.9. The molecule has 0 amide bonds. The van der Waals surface area contributed by atoms with Crippen LogP contribution in [0.5, 0.6) is 0 Å². The Labute approximate surface area is 106 Å². The van der Waals surface area contributed by atoms with Crippen molar-refractivity contribution in [2.24, 2.45) is 0 Å². The summed E-state index contributed by atoms with van der Waals surface area (Å²) in [5.74, 6) is 0. The van der Waals surface area contributed by atoms with Gasteiger partial charge in [0, 0.05) is 6.20 Å². The molecule has 0 N–H and O–H groups in total. The Hall–Kier alpha value is -2.20. The van der Waals surface area contributed by atoms with Gasteiger partial charge in [-0.3, -0.25) is 0 Å².